The van der Waals surface area contributed by atoms with Crippen LogP contribution in [-0.2, 0) is 70.7 Å². The third-order valence-electron chi connectivity index (χ3n) is 16.7. The molecule has 10 rings (SSSR count). The Bertz CT molecular complexity index is 3560. The maximum Gasteiger partial charge on any atom is 0.255 e. The second-order valence-corrected chi connectivity index (χ2v) is 25.1. The lowest BCUT2D eigenvalue weighted by Crippen LogP contribution is -2.55. The first-order chi connectivity index (χ1) is 44.3. The van der Waals surface area contributed by atoms with Crippen molar-refractivity contribution in [2.45, 2.75) is 97.0 Å². The number of ether oxygens (including phenoxy) is 6. The topological polar surface area (TPSA) is 212 Å². The average Bonchev–Trinajstić information content (AvgIpc) is 2.23. The van der Waals surface area contributed by atoms with Gasteiger partial charge in [-0.05, 0) is 83.5 Å². The fourth-order valence-electron chi connectivity index (χ4n) is 11.8. The lowest BCUT2D eigenvalue weighted by atomic mass is 10.0. The second kappa shape index (κ2) is 33.1. The molecule has 3 aliphatic rings. The molecule has 4 amide bonds. The quantitative estimate of drug-likeness (QED) is 0.0368. The summed E-state index contributed by atoms with van der Waals surface area (Å²) in [6.07, 6.45) is 2.58. The third-order valence-corrected chi connectivity index (χ3v) is 18.2. The summed E-state index contributed by atoms with van der Waals surface area (Å²) in [5.74, 6) is -0.509. The molecule has 0 bridgehead atoms. The number of likely N-dealkylation sites (tertiary alicyclic amines) is 1. The van der Waals surface area contributed by atoms with E-state index in [1.54, 1.807) is 27.2 Å². The number of aliphatic hydroxyl groups excluding tert-OH is 1. The number of rotatable bonds is 33. The van der Waals surface area contributed by atoms with Crippen molar-refractivity contribution < 1.29 is 52.7 Å². The van der Waals surface area contributed by atoms with Gasteiger partial charge in [0.2, 0.25) is 17.7 Å². The third kappa shape index (κ3) is 18.2. The van der Waals surface area contributed by atoms with Crippen LogP contribution in [-0.4, -0.2) is 185 Å². The Kier molecular flexibility index (Phi) is 24.4. The van der Waals surface area contributed by atoms with Crippen LogP contribution in [0.4, 0.5) is 0 Å². The number of benzene rings is 5. The Hall–Kier alpha value is -6.89. The monoisotopic (exact) mass is 1300 g/mol. The summed E-state index contributed by atoms with van der Waals surface area (Å²) in [5, 5.41) is 25.9. The number of halogens is 2. The number of carbonyl (C=O) groups excluding carboxylic acids is 4. The molecule has 3 aliphatic heterocycles. The number of thiazole rings is 1. The lowest BCUT2D eigenvalue weighted by Gasteiger charge is -2.36. The molecule has 2 saturated heterocycles. The molecule has 2 N–H and O–H groups in total. The molecule has 5 heterocycles. The summed E-state index contributed by atoms with van der Waals surface area (Å²) in [5.41, 5.74) is 8.57. The van der Waals surface area contributed by atoms with Crippen molar-refractivity contribution in [1.29, 1.82) is 0 Å². The van der Waals surface area contributed by atoms with Crippen molar-refractivity contribution in [3.8, 4) is 16.2 Å². The normalized spacial score (nSPS) is 16.7. The van der Waals surface area contributed by atoms with Gasteiger partial charge in [-0.3, -0.25) is 24.1 Å². The predicted octanol–water partition coefficient (Wildman–Crippen LogP) is 9.00. The van der Waals surface area contributed by atoms with Crippen LogP contribution in [0.2, 0.25) is 10.0 Å². The molecule has 1 unspecified atom stereocenters. The Balaban J connectivity index is 0.565. The van der Waals surface area contributed by atoms with Gasteiger partial charge in [-0.15, -0.1) is 16.4 Å². The number of hydrogen-bond acceptors (Lipinski definition) is 16. The number of piperazine rings is 1. The minimum absolute atomic E-state index is 0.00714. The largest absolute Gasteiger partial charge is 0.491 e. The Morgan fingerprint density at radius 2 is 1.54 bits per heavy atom. The van der Waals surface area contributed by atoms with Crippen LogP contribution in [0.1, 0.15) is 83.2 Å². The van der Waals surface area contributed by atoms with E-state index in [0.717, 1.165) is 57.2 Å². The highest BCUT2D eigenvalue weighted by Crippen LogP contribution is 2.35. The number of fused-ring (bicyclic) bond motifs is 2. The molecular formula is C68H81Cl2N9O11S. The van der Waals surface area contributed by atoms with Gasteiger partial charge in [0.15, 0.2) is 0 Å². The zero-order chi connectivity index (χ0) is 63.6. The highest BCUT2D eigenvalue weighted by molar-refractivity contribution is 7.13. The summed E-state index contributed by atoms with van der Waals surface area (Å²) in [6, 6.07) is 31.6. The van der Waals surface area contributed by atoms with E-state index in [2.05, 4.69) is 55.8 Å². The van der Waals surface area contributed by atoms with Crippen molar-refractivity contribution in [2.75, 3.05) is 98.7 Å². The Morgan fingerprint density at radius 3 is 2.26 bits per heavy atom. The van der Waals surface area contributed by atoms with Gasteiger partial charge in [0.1, 0.15) is 24.4 Å². The van der Waals surface area contributed by atoms with Crippen LogP contribution in [0.25, 0.3) is 21.2 Å². The Morgan fingerprint density at radius 1 is 0.813 bits per heavy atom. The second-order valence-electron chi connectivity index (χ2n) is 23.4. The number of amides is 4. The first-order valence-corrected chi connectivity index (χ1v) is 33.0. The van der Waals surface area contributed by atoms with Crippen LogP contribution < -0.4 is 10.1 Å². The van der Waals surface area contributed by atoms with Crippen LogP contribution in [0.15, 0.2) is 115 Å². The standard InChI is InChI=1S/C68H81Cl2N9O11S/c1-46(2)64(79-40-53-11-6-7-13-57(53)67(79)83)68(84)78-42-56(80)38-60(78)66(82)71-39-52-18-17-51(65-47(3)72-45-91-65)36-61(52)89-34-33-88-32-31-87-30-29-86-28-27-85-26-25-77-41-55(73-74-77)12-8-14-63(81)76-23-21-75(22-24-76)43-62(58-20-19-54(69)37-59(58)70)90-44-48-15-16-49-9-4-5-10-50(49)35-48/h4-7,9-11,13,15-20,35-37,41,45-46,56,60,62,64,80H,8,12,14,21-34,38-40,42-44H2,1-3H3,(H,71,82)/t56-,60+,62?,64+/m1/s1. The van der Waals surface area contributed by atoms with E-state index in [1.807, 2.05) is 92.5 Å². The molecule has 23 heteroatoms. The van der Waals surface area contributed by atoms with Crippen molar-refractivity contribution in [2.24, 2.45) is 5.92 Å². The summed E-state index contributed by atoms with van der Waals surface area (Å²) in [4.78, 5) is 67.7. The molecule has 0 saturated carbocycles. The van der Waals surface area contributed by atoms with Crippen LogP contribution in [0.3, 0.4) is 0 Å². The van der Waals surface area contributed by atoms with Gasteiger partial charge in [0, 0.05) is 98.1 Å². The number of β-amino-alcohol motifs (C(OH)–C–C–N with tert-alkyl or cyclic N) is 1. The molecule has 91 heavy (non-hydrogen) atoms. The maximum absolute atomic E-state index is 14.3. The van der Waals surface area contributed by atoms with Gasteiger partial charge in [0.25, 0.3) is 5.91 Å². The van der Waals surface area contributed by atoms with E-state index in [4.69, 9.17) is 51.6 Å². The zero-order valence-electron chi connectivity index (χ0n) is 51.9. The molecular weight excluding hydrogens is 1220 g/mol. The summed E-state index contributed by atoms with van der Waals surface area (Å²) in [6.45, 7) is 13.8. The van der Waals surface area contributed by atoms with Gasteiger partial charge < -0.3 is 53.5 Å². The molecule has 484 valence electrons. The number of aromatic nitrogens is 4. The molecule has 7 aromatic rings. The van der Waals surface area contributed by atoms with Crippen molar-refractivity contribution in [3.63, 3.8) is 0 Å². The first-order valence-electron chi connectivity index (χ1n) is 31.3. The zero-order valence-corrected chi connectivity index (χ0v) is 54.2. The van der Waals surface area contributed by atoms with E-state index in [0.29, 0.717) is 133 Å². The fraction of sp³-hybridized carbons (Fsp3) is 0.456. The fourth-order valence-corrected chi connectivity index (χ4v) is 13.2. The number of carbonyl (C=O) groups is 4. The highest BCUT2D eigenvalue weighted by atomic mass is 35.5. The maximum atomic E-state index is 14.3. The molecule has 0 spiro atoms. The van der Waals surface area contributed by atoms with Gasteiger partial charge in [-0.1, -0.05) is 115 Å². The van der Waals surface area contributed by atoms with Crippen LogP contribution >= 0.6 is 34.5 Å². The molecule has 4 atom stereocenters. The van der Waals surface area contributed by atoms with Crippen molar-refractivity contribution >= 4 is 68.9 Å². The van der Waals surface area contributed by atoms with E-state index in [9.17, 15) is 24.3 Å². The number of nitrogens with zero attached hydrogens (tertiary/aromatic N) is 8. The first kappa shape index (κ1) is 67.0. The molecule has 5 aromatic carbocycles. The van der Waals surface area contributed by atoms with E-state index < -0.39 is 24.1 Å². The number of nitrogens with one attached hydrogen (secondary N) is 1. The molecule has 2 fully saturated rings. The summed E-state index contributed by atoms with van der Waals surface area (Å²) >= 11 is 14.5. The summed E-state index contributed by atoms with van der Waals surface area (Å²) < 4.78 is 37.6. The van der Waals surface area contributed by atoms with E-state index in [1.165, 1.54) is 27.0 Å². The number of aryl methyl sites for hydroxylation is 2. The smallest absolute Gasteiger partial charge is 0.255 e. The van der Waals surface area contributed by atoms with Gasteiger partial charge in [0.05, 0.1) is 100.0 Å². The Labute approximate surface area is 545 Å². The lowest BCUT2D eigenvalue weighted by molar-refractivity contribution is -0.143. The van der Waals surface area contributed by atoms with Crippen LogP contribution in [0, 0.1) is 12.8 Å². The van der Waals surface area contributed by atoms with Gasteiger partial charge in [-0.2, -0.15) is 0 Å². The molecule has 0 aliphatic carbocycles. The van der Waals surface area contributed by atoms with Gasteiger partial charge >= 0.3 is 0 Å². The minimum Gasteiger partial charge on any atom is -0.491 e. The van der Waals surface area contributed by atoms with Gasteiger partial charge in [-0.25, -0.2) is 9.67 Å². The molecule has 20 nitrogen and oxygen atoms in total. The SMILES string of the molecule is Cc1ncsc1-c1ccc(CNC(=O)[C@@H]2C[C@@H](O)CN2C(=O)[C@H](C(C)C)N2Cc3ccccc3C2=O)c(OCCOCCOCCOCCOCCn2cc(CCCC(=O)N3CCN(CC(OCc4ccc5ccccc5c4)c4ccc(Cl)cc4Cl)CC3)nn2)c1. The average molecular weight is 1300 g/mol. The van der Waals surface area contributed by atoms with E-state index >= 15 is 0 Å². The molecule has 0 radical (unpaired) electrons. The predicted molar refractivity (Wildman–Crippen MR) is 348 cm³/mol. The van der Waals surface area contributed by atoms with E-state index in [-0.39, 0.29) is 55.9 Å². The number of aliphatic hydroxyl groups is 1. The minimum atomic E-state index is -0.919. The highest BCUT2D eigenvalue weighted by Gasteiger charge is 2.46. The number of hydrogen-bond donors (Lipinski definition) is 2. The van der Waals surface area contributed by atoms with Crippen molar-refractivity contribution in [3.05, 3.63) is 164 Å². The molecule has 2 aromatic heterocycles. The van der Waals surface area contributed by atoms with Crippen LogP contribution in [0.5, 0.6) is 5.75 Å². The summed E-state index contributed by atoms with van der Waals surface area (Å²) in [7, 11) is 0. The van der Waals surface area contributed by atoms with Crippen molar-refractivity contribution in [1.82, 2.24) is 44.9 Å².